The second kappa shape index (κ2) is 5.63. The molecule has 0 aliphatic carbocycles. The van der Waals surface area contributed by atoms with Crippen LogP contribution in [0, 0.1) is 0 Å². The number of ether oxygens (including phenoxy) is 2. The second-order valence-electron chi connectivity index (χ2n) is 4.06. The minimum atomic E-state index is -0.395. The molecule has 0 radical (unpaired) electrons. The molecule has 2 N–H and O–H groups in total. The fraction of sp³-hybridized carbons (Fsp3) is 0.308. The monoisotopic (exact) mass is 325 g/mol. The van der Waals surface area contributed by atoms with Gasteiger partial charge in [-0.3, -0.25) is 4.68 Å². The van der Waals surface area contributed by atoms with Crippen molar-refractivity contribution in [3.05, 3.63) is 40.1 Å². The van der Waals surface area contributed by atoms with Gasteiger partial charge < -0.3 is 15.2 Å². The first-order valence-electron chi connectivity index (χ1n) is 5.74. The number of nitrogens with zero attached hydrogens (tertiary/aromatic N) is 2. The number of benzene rings is 1. The van der Waals surface area contributed by atoms with Crippen LogP contribution < -0.4 is 15.2 Å². The van der Waals surface area contributed by atoms with E-state index in [-0.39, 0.29) is 0 Å². The third-order valence-corrected chi connectivity index (χ3v) is 3.62. The van der Waals surface area contributed by atoms with Crippen LogP contribution in [-0.4, -0.2) is 24.0 Å². The van der Waals surface area contributed by atoms with E-state index in [9.17, 15) is 0 Å². The Balaban J connectivity index is 2.58. The summed E-state index contributed by atoms with van der Waals surface area (Å²) in [5, 5.41) is 4.18. The topological polar surface area (TPSA) is 62.3 Å². The zero-order chi connectivity index (χ0) is 14.0. The molecule has 0 amide bonds. The van der Waals surface area contributed by atoms with Crippen molar-refractivity contribution in [3.63, 3.8) is 0 Å². The SMILES string of the molecule is COc1cccc(OC)c1C(N)c1c(Br)cnn1C. The quantitative estimate of drug-likeness (QED) is 0.936. The Hall–Kier alpha value is -1.53. The first-order valence-corrected chi connectivity index (χ1v) is 6.53. The van der Waals surface area contributed by atoms with Gasteiger partial charge in [-0.05, 0) is 28.1 Å². The number of aryl methyl sites for hydroxylation is 1. The number of methoxy groups -OCH3 is 2. The van der Waals surface area contributed by atoms with E-state index in [0.29, 0.717) is 11.5 Å². The number of nitrogens with two attached hydrogens (primary N) is 1. The lowest BCUT2D eigenvalue weighted by atomic mass is 10.0. The van der Waals surface area contributed by atoms with E-state index in [1.807, 2.05) is 25.2 Å². The molecule has 1 unspecified atom stereocenters. The van der Waals surface area contributed by atoms with Crippen molar-refractivity contribution in [2.75, 3.05) is 14.2 Å². The maximum atomic E-state index is 6.36. The summed E-state index contributed by atoms with van der Waals surface area (Å²) in [5.74, 6) is 1.39. The van der Waals surface area contributed by atoms with Gasteiger partial charge in [0.2, 0.25) is 0 Å². The lowest BCUT2D eigenvalue weighted by Crippen LogP contribution is -2.18. The van der Waals surface area contributed by atoms with Crippen LogP contribution in [-0.2, 0) is 7.05 Å². The summed E-state index contributed by atoms with van der Waals surface area (Å²) in [4.78, 5) is 0. The first-order chi connectivity index (χ1) is 9.10. The maximum Gasteiger partial charge on any atom is 0.127 e. The van der Waals surface area contributed by atoms with Crippen LogP contribution in [0.3, 0.4) is 0 Å². The zero-order valence-corrected chi connectivity index (χ0v) is 12.6. The van der Waals surface area contributed by atoms with Crippen molar-refractivity contribution in [1.82, 2.24) is 9.78 Å². The van der Waals surface area contributed by atoms with Crippen molar-refractivity contribution in [1.29, 1.82) is 0 Å². The number of halogens is 1. The molecule has 1 aromatic carbocycles. The third kappa shape index (κ3) is 2.46. The van der Waals surface area contributed by atoms with Gasteiger partial charge >= 0.3 is 0 Å². The molecule has 2 aromatic rings. The van der Waals surface area contributed by atoms with Gasteiger partial charge in [0.1, 0.15) is 11.5 Å². The standard InChI is InChI=1S/C13H16BrN3O2/c1-17-13(8(14)7-16-17)12(15)11-9(18-2)5-4-6-10(11)19-3/h4-7,12H,15H2,1-3H3. The van der Waals surface area contributed by atoms with E-state index in [1.54, 1.807) is 25.1 Å². The van der Waals surface area contributed by atoms with E-state index in [1.165, 1.54) is 0 Å². The van der Waals surface area contributed by atoms with E-state index >= 15 is 0 Å². The highest BCUT2D eigenvalue weighted by Gasteiger charge is 2.23. The lowest BCUT2D eigenvalue weighted by Gasteiger charge is -2.19. The number of aromatic nitrogens is 2. The molecule has 0 bridgehead atoms. The van der Waals surface area contributed by atoms with Gasteiger partial charge in [0.25, 0.3) is 0 Å². The van der Waals surface area contributed by atoms with Crippen molar-refractivity contribution in [2.24, 2.45) is 12.8 Å². The summed E-state index contributed by atoms with van der Waals surface area (Å²) in [6.07, 6.45) is 1.72. The molecule has 19 heavy (non-hydrogen) atoms. The molecule has 5 nitrogen and oxygen atoms in total. The highest BCUT2D eigenvalue weighted by atomic mass is 79.9. The summed E-state index contributed by atoms with van der Waals surface area (Å²) in [5.41, 5.74) is 8.03. The van der Waals surface area contributed by atoms with Crippen LogP contribution in [0.2, 0.25) is 0 Å². The summed E-state index contributed by atoms with van der Waals surface area (Å²) >= 11 is 3.46. The highest BCUT2D eigenvalue weighted by molar-refractivity contribution is 9.10. The van der Waals surface area contributed by atoms with Crippen molar-refractivity contribution < 1.29 is 9.47 Å². The largest absolute Gasteiger partial charge is 0.496 e. The molecular weight excluding hydrogens is 310 g/mol. The first kappa shape index (κ1) is 13.9. The molecule has 1 heterocycles. The smallest absolute Gasteiger partial charge is 0.127 e. The number of hydrogen-bond acceptors (Lipinski definition) is 4. The van der Waals surface area contributed by atoms with Gasteiger partial charge in [-0.1, -0.05) is 6.07 Å². The maximum absolute atomic E-state index is 6.36. The second-order valence-corrected chi connectivity index (χ2v) is 4.91. The predicted octanol–water partition coefficient (Wildman–Crippen LogP) is 2.25. The van der Waals surface area contributed by atoms with E-state index in [4.69, 9.17) is 15.2 Å². The molecule has 0 saturated carbocycles. The molecule has 1 atom stereocenters. The minimum absolute atomic E-state index is 0.395. The van der Waals surface area contributed by atoms with Crippen molar-refractivity contribution in [3.8, 4) is 11.5 Å². The number of hydrogen-bond donors (Lipinski definition) is 1. The minimum Gasteiger partial charge on any atom is -0.496 e. The van der Waals surface area contributed by atoms with Crippen LogP contribution >= 0.6 is 15.9 Å². The van der Waals surface area contributed by atoms with Crippen LogP contribution in [0.25, 0.3) is 0 Å². The fourth-order valence-electron chi connectivity index (χ4n) is 2.09. The van der Waals surface area contributed by atoms with E-state index < -0.39 is 6.04 Å². The average Bonchev–Trinajstić information content (AvgIpc) is 2.76. The van der Waals surface area contributed by atoms with Crippen LogP contribution in [0.1, 0.15) is 17.3 Å². The molecule has 0 aliphatic rings. The molecule has 6 heteroatoms. The fourth-order valence-corrected chi connectivity index (χ4v) is 2.69. The van der Waals surface area contributed by atoms with Crippen molar-refractivity contribution in [2.45, 2.75) is 6.04 Å². The molecule has 0 fully saturated rings. The zero-order valence-electron chi connectivity index (χ0n) is 11.1. The van der Waals surface area contributed by atoms with Crippen LogP contribution in [0.4, 0.5) is 0 Å². The van der Waals surface area contributed by atoms with Gasteiger partial charge in [0.05, 0.1) is 42.2 Å². The van der Waals surface area contributed by atoms with E-state index in [2.05, 4.69) is 21.0 Å². The number of rotatable bonds is 4. The molecular formula is C13H16BrN3O2. The van der Waals surface area contributed by atoms with Crippen molar-refractivity contribution >= 4 is 15.9 Å². The van der Waals surface area contributed by atoms with Gasteiger partial charge in [-0.15, -0.1) is 0 Å². The predicted molar refractivity (Wildman–Crippen MR) is 76.5 cm³/mol. The summed E-state index contributed by atoms with van der Waals surface area (Å²) in [6.45, 7) is 0. The average molecular weight is 326 g/mol. The third-order valence-electron chi connectivity index (χ3n) is 3.01. The molecule has 0 spiro atoms. The molecule has 102 valence electrons. The highest BCUT2D eigenvalue weighted by Crippen LogP contribution is 2.37. The van der Waals surface area contributed by atoms with Gasteiger partial charge in [0.15, 0.2) is 0 Å². The summed E-state index contributed by atoms with van der Waals surface area (Å²) in [6, 6.07) is 5.20. The lowest BCUT2D eigenvalue weighted by molar-refractivity contribution is 0.381. The summed E-state index contributed by atoms with van der Waals surface area (Å²) < 4.78 is 13.4. The Kier molecular flexibility index (Phi) is 4.11. The van der Waals surface area contributed by atoms with Gasteiger partial charge in [-0.2, -0.15) is 5.10 Å². The van der Waals surface area contributed by atoms with Crippen LogP contribution in [0.5, 0.6) is 11.5 Å². The van der Waals surface area contributed by atoms with E-state index in [0.717, 1.165) is 15.7 Å². The molecule has 0 saturated heterocycles. The normalized spacial score (nSPS) is 12.3. The Labute approximate surface area is 120 Å². The Morgan fingerprint density at radius 1 is 1.26 bits per heavy atom. The van der Waals surface area contributed by atoms with Gasteiger partial charge in [0, 0.05) is 7.05 Å². The Morgan fingerprint density at radius 2 is 1.84 bits per heavy atom. The Morgan fingerprint density at radius 3 is 2.26 bits per heavy atom. The summed E-state index contributed by atoms with van der Waals surface area (Å²) in [7, 11) is 5.08. The molecule has 1 aromatic heterocycles. The Bertz CT molecular complexity index is 542. The molecule has 2 rings (SSSR count). The van der Waals surface area contributed by atoms with Gasteiger partial charge in [-0.25, -0.2) is 0 Å². The van der Waals surface area contributed by atoms with Crippen LogP contribution in [0.15, 0.2) is 28.9 Å². The molecule has 0 aliphatic heterocycles.